The fraction of sp³-hybridized carbons (Fsp3) is 0.235. The number of likely N-dealkylation sites (tertiary alicyclic amines) is 1. The minimum atomic E-state index is -0.413. The molecule has 1 fully saturated rings. The van der Waals surface area contributed by atoms with E-state index in [9.17, 15) is 14.3 Å². The summed E-state index contributed by atoms with van der Waals surface area (Å²) >= 11 is 0. The molecule has 1 heterocycles. The second kappa shape index (κ2) is 6.15. The fourth-order valence-corrected chi connectivity index (χ4v) is 2.32. The topological polar surface area (TPSA) is 49.8 Å². The molecule has 4 nitrogen and oxygen atoms in total. The van der Waals surface area contributed by atoms with Crippen molar-refractivity contribution in [2.75, 3.05) is 13.1 Å². The maximum Gasteiger partial charge on any atom is 0.254 e. The van der Waals surface area contributed by atoms with Crippen molar-refractivity contribution in [1.82, 2.24) is 4.90 Å². The molecular weight excluding hydrogens is 285 g/mol. The summed E-state index contributed by atoms with van der Waals surface area (Å²) in [5, 5.41) is 9.26. The molecule has 0 atom stereocenters. The Bertz CT molecular complexity index is 683. The average molecular weight is 301 g/mol. The number of β-amino-alcohol motifs (C(OH)–C–C–N with tert-alkyl or cyclic N) is 1. The van der Waals surface area contributed by atoms with Crippen molar-refractivity contribution in [2.24, 2.45) is 0 Å². The normalized spacial score (nSPS) is 14.5. The molecule has 1 aliphatic rings. The van der Waals surface area contributed by atoms with Crippen LogP contribution in [0.25, 0.3) is 0 Å². The summed E-state index contributed by atoms with van der Waals surface area (Å²) in [4.78, 5) is 13.8. The molecule has 1 aliphatic heterocycles. The second-order valence-electron chi connectivity index (χ2n) is 5.31. The number of rotatable bonds is 4. The standard InChI is InChI=1S/C17H16FNO3/c18-14-5-2-6-16(8-14)22-11-12-3-1-4-13(7-12)17(21)19-9-15(20)10-19/h1-8,15,20H,9-11H2. The van der Waals surface area contributed by atoms with Gasteiger partial charge in [0.15, 0.2) is 0 Å². The lowest BCUT2D eigenvalue weighted by molar-refractivity contribution is 0.00588. The van der Waals surface area contributed by atoms with E-state index in [1.165, 1.54) is 12.1 Å². The second-order valence-corrected chi connectivity index (χ2v) is 5.31. The number of ether oxygens (including phenoxy) is 1. The fourth-order valence-electron chi connectivity index (χ4n) is 2.32. The van der Waals surface area contributed by atoms with Crippen LogP contribution in [0.2, 0.25) is 0 Å². The average Bonchev–Trinajstić information content (AvgIpc) is 2.50. The van der Waals surface area contributed by atoms with Crippen molar-refractivity contribution < 1.29 is 19.0 Å². The van der Waals surface area contributed by atoms with Gasteiger partial charge in [-0.15, -0.1) is 0 Å². The van der Waals surface area contributed by atoms with Crippen LogP contribution >= 0.6 is 0 Å². The first-order valence-electron chi connectivity index (χ1n) is 7.06. The molecular formula is C17H16FNO3. The first kappa shape index (κ1) is 14.5. The number of halogens is 1. The highest BCUT2D eigenvalue weighted by Gasteiger charge is 2.29. The van der Waals surface area contributed by atoms with E-state index in [0.29, 0.717) is 24.4 Å². The van der Waals surface area contributed by atoms with Gasteiger partial charge in [-0.3, -0.25) is 4.79 Å². The monoisotopic (exact) mass is 301 g/mol. The molecule has 3 rings (SSSR count). The van der Waals surface area contributed by atoms with E-state index in [0.717, 1.165) is 5.56 Å². The van der Waals surface area contributed by atoms with Gasteiger partial charge in [0.05, 0.1) is 6.10 Å². The molecule has 0 radical (unpaired) electrons. The molecule has 0 saturated carbocycles. The van der Waals surface area contributed by atoms with Crippen LogP contribution in [0.15, 0.2) is 48.5 Å². The number of hydrogen-bond acceptors (Lipinski definition) is 3. The van der Waals surface area contributed by atoms with Crippen LogP contribution < -0.4 is 4.74 Å². The van der Waals surface area contributed by atoms with Crippen molar-refractivity contribution in [1.29, 1.82) is 0 Å². The molecule has 1 N–H and O–H groups in total. The zero-order valence-electron chi connectivity index (χ0n) is 11.9. The molecule has 0 aliphatic carbocycles. The maximum absolute atomic E-state index is 13.1. The lowest BCUT2D eigenvalue weighted by Crippen LogP contribution is -2.53. The van der Waals surface area contributed by atoms with Crippen LogP contribution in [0, 0.1) is 5.82 Å². The first-order chi connectivity index (χ1) is 10.6. The quantitative estimate of drug-likeness (QED) is 0.942. The summed E-state index contributed by atoms with van der Waals surface area (Å²) in [5.74, 6) is -0.00160. The number of carbonyl (C=O) groups is 1. The maximum atomic E-state index is 13.1. The Morgan fingerprint density at radius 2 is 2.00 bits per heavy atom. The predicted molar refractivity (Wildman–Crippen MR) is 79.1 cm³/mol. The zero-order chi connectivity index (χ0) is 15.5. The van der Waals surface area contributed by atoms with Crippen molar-refractivity contribution >= 4 is 5.91 Å². The van der Waals surface area contributed by atoms with E-state index < -0.39 is 6.10 Å². The molecule has 0 aromatic heterocycles. The molecule has 0 spiro atoms. The van der Waals surface area contributed by atoms with Crippen LogP contribution in [0.3, 0.4) is 0 Å². The van der Waals surface area contributed by atoms with Gasteiger partial charge in [-0.2, -0.15) is 0 Å². The Labute approximate surface area is 127 Å². The van der Waals surface area contributed by atoms with Gasteiger partial charge in [-0.25, -0.2) is 4.39 Å². The largest absolute Gasteiger partial charge is 0.489 e. The summed E-state index contributed by atoms with van der Waals surface area (Å²) in [6.45, 7) is 1.01. The SMILES string of the molecule is O=C(c1cccc(COc2cccc(F)c2)c1)N1CC(O)C1. The van der Waals surface area contributed by atoms with E-state index in [1.807, 2.05) is 6.07 Å². The number of benzene rings is 2. The van der Waals surface area contributed by atoms with E-state index in [4.69, 9.17) is 4.74 Å². The highest BCUT2D eigenvalue weighted by atomic mass is 19.1. The first-order valence-corrected chi connectivity index (χ1v) is 7.06. The highest BCUT2D eigenvalue weighted by molar-refractivity contribution is 5.95. The minimum Gasteiger partial charge on any atom is -0.489 e. The third-order valence-electron chi connectivity index (χ3n) is 3.53. The van der Waals surface area contributed by atoms with E-state index in [1.54, 1.807) is 35.2 Å². The Hall–Kier alpha value is -2.40. The zero-order valence-corrected chi connectivity index (χ0v) is 11.9. The van der Waals surface area contributed by atoms with E-state index in [2.05, 4.69) is 0 Å². The van der Waals surface area contributed by atoms with Crippen LogP contribution in [0.4, 0.5) is 4.39 Å². The summed E-state index contributed by atoms with van der Waals surface area (Å²) in [7, 11) is 0. The smallest absolute Gasteiger partial charge is 0.254 e. The molecule has 1 amide bonds. The molecule has 22 heavy (non-hydrogen) atoms. The lowest BCUT2D eigenvalue weighted by Gasteiger charge is -2.35. The van der Waals surface area contributed by atoms with Crippen LogP contribution in [-0.2, 0) is 6.61 Å². The Morgan fingerprint density at radius 3 is 2.73 bits per heavy atom. The van der Waals surface area contributed by atoms with Crippen LogP contribution in [0.1, 0.15) is 15.9 Å². The molecule has 2 aromatic rings. The van der Waals surface area contributed by atoms with Crippen molar-refractivity contribution in [3.05, 3.63) is 65.5 Å². The van der Waals surface area contributed by atoms with Gasteiger partial charge >= 0.3 is 0 Å². The number of carbonyl (C=O) groups excluding carboxylic acids is 1. The van der Waals surface area contributed by atoms with Gasteiger partial charge in [0.2, 0.25) is 0 Å². The minimum absolute atomic E-state index is 0.0992. The number of amides is 1. The third-order valence-corrected chi connectivity index (χ3v) is 3.53. The number of aliphatic hydroxyl groups excluding tert-OH is 1. The van der Waals surface area contributed by atoms with E-state index in [-0.39, 0.29) is 18.3 Å². The van der Waals surface area contributed by atoms with Gasteiger partial charge in [0.1, 0.15) is 18.2 Å². The Balaban J connectivity index is 1.65. The summed E-state index contributed by atoms with van der Waals surface area (Å²) in [6.07, 6.45) is -0.413. The van der Waals surface area contributed by atoms with Gasteiger partial charge in [0.25, 0.3) is 5.91 Å². The summed E-state index contributed by atoms with van der Waals surface area (Å²) in [6, 6.07) is 13.1. The molecule has 114 valence electrons. The highest BCUT2D eigenvalue weighted by Crippen LogP contribution is 2.17. The van der Waals surface area contributed by atoms with Crippen molar-refractivity contribution in [3.8, 4) is 5.75 Å². The number of aliphatic hydroxyl groups is 1. The van der Waals surface area contributed by atoms with Crippen molar-refractivity contribution in [3.63, 3.8) is 0 Å². The third kappa shape index (κ3) is 3.26. The summed E-state index contributed by atoms with van der Waals surface area (Å²) in [5.41, 5.74) is 1.39. The number of nitrogens with zero attached hydrogens (tertiary/aromatic N) is 1. The van der Waals surface area contributed by atoms with Crippen LogP contribution in [0.5, 0.6) is 5.75 Å². The summed E-state index contributed by atoms with van der Waals surface area (Å²) < 4.78 is 18.6. The molecule has 0 unspecified atom stereocenters. The van der Waals surface area contributed by atoms with E-state index >= 15 is 0 Å². The Kier molecular flexibility index (Phi) is 4.06. The molecule has 5 heteroatoms. The predicted octanol–water partition coefficient (Wildman–Crippen LogP) is 2.22. The lowest BCUT2D eigenvalue weighted by atomic mass is 10.1. The van der Waals surface area contributed by atoms with Gasteiger partial charge in [0, 0.05) is 24.7 Å². The Morgan fingerprint density at radius 1 is 1.23 bits per heavy atom. The molecule has 1 saturated heterocycles. The molecule has 0 bridgehead atoms. The van der Waals surface area contributed by atoms with Crippen LogP contribution in [-0.4, -0.2) is 35.1 Å². The van der Waals surface area contributed by atoms with Gasteiger partial charge in [-0.1, -0.05) is 18.2 Å². The van der Waals surface area contributed by atoms with Crippen molar-refractivity contribution in [2.45, 2.75) is 12.7 Å². The number of hydrogen-bond donors (Lipinski definition) is 1. The van der Waals surface area contributed by atoms with Gasteiger partial charge in [-0.05, 0) is 29.8 Å². The van der Waals surface area contributed by atoms with Gasteiger partial charge < -0.3 is 14.7 Å². The molecule has 2 aromatic carbocycles.